The number of halogens is 1. The van der Waals surface area contributed by atoms with Gasteiger partial charge in [-0.3, -0.25) is 4.79 Å². The Hall–Kier alpha value is -1.25. The Bertz CT molecular complexity index is 558. The second-order valence-corrected chi connectivity index (χ2v) is 7.23. The summed E-state index contributed by atoms with van der Waals surface area (Å²) in [5.74, 6) is 6.14. The fraction of sp³-hybridized carbons (Fsp3) is 0.625. The molecule has 2 aliphatic rings. The Morgan fingerprint density at radius 1 is 1.32 bits per heavy atom. The van der Waals surface area contributed by atoms with Gasteiger partial charge in [-0.25, -0.2) is 0 Å². The number of carbonyl (C=O) groups excluding carboxylic acids is 1. The van der Waals surface area contributed by atoms with E-state index in [4.69, 9.17) is 16.9 Å². The average molecular weight is 276 g/mol. The van der Waals surface area contributed by atoms with Crippen LogP contribution >= 0.6 is 11.6 Å². The van der Waals surface area contributed by atoms with Crippen LogP contribution in [-0.2, 0) is 4.79 Å². The molecule has 2 nitrogen and oxygen atoms in total. The van der Waals surface area contributed by atoms with Crippen LogP contribution < -0.4 is 0 Å². The monoisotopic (exact) mass is 275 g/mol. The van der Waals surface area contributed by atoms with Crippen LogP contribution in [0.5, 0.6) is 0 Å². The molecule has 3 heteroatoms. The minimum atomic E-state index is -0.891. The number of rotatable bonds is 0. The Balaban J connectivity index is 2.21. The number of ketones is 1. The van der Waals surface area contributed by atoms with Crippen molar-refractivity contribution in [1.29, 1.82) is 5.26 Å². The van der Waals surface area contributed by atoms with Gasteiger partial charge >= 0.3 is 0 Å². The minimum Gasteiger partial charge on any atom is -0.293 e. The molecule has 0 amide bonds. The lowest BCUT2D eigenvalue weighted by molar-refractivity contribution is -0.117. The molecule has 0 N–H and O–H groups in total. The third kappa shape index (κ3) is 2.43. The van der Waals surface area contributed by atoms with Crippen LogP contribution in [0.25, 0.3) is 0 Å². The van der Waals surface area contributed by atoms with E-state index in [0.717, 1.165) is 12.8 Å². The van der Waals surface area contributed by atoms with Gasteiger partial charge in [-0.15, -0.1) is 11.6 Å². The van der Waals surface area contributed by atoms with Crippen LogP contribution in [0.3, 0.4) is 0 Å². The van der Waals surface area contributed by atoms with Crippen LogP contribution in [0.2, 0.25) is 0 Å². The normalized spacial score (nSPS) is 36.4. The molecule has 2 aliphatic carbocycles. The number of Topliss-reactive ketones (excluding diaryl/α,β-unsaturated/α-hetero) is 1. The molecule has 0 bridgehead atoms. The molecule has 0 aromatic carbocycles. The molecule has 0 aromatic rings. The number of allylic oxidation sites excluding steroid dienone is 2. The van der Waals surface area contributed by atoms with Gasteiger partial charge in [0.2, 0.25) is 0 Å². The van der Waals surface area contributed by atoms with E-state index in [2.05, 4.69) is 31.8 Å². The maximum absolute atomic E-state index is 12.0. The van der Waals surface area contributed by atoms with E-state index in [0.29, 0.717) is 18.4 Å². The number of nitrogens with zero attached hydrogens (tertiary/aromatic N) is 1. The number of hydrogen-bond donors (Lipinski definition) is 0. The van der Waals surface area contributed by atoms with Crippen molar-refractivity contribution < 1.29 is 4.79 Å². The molecule has 0 spiro atoms. The average Bonchev–Trinajstić information content (AvgIpc) is 2.34. The predicted molar refractivity (Wildman–Crippen MR) is 75.4 cm³/mol. The molecule has 100 valence electrons. The van der Waals surface area contributed by atoms with Gasteiger partial charge < -0.3 is 0 Å². The smallest absolute Gasteiger partial charge is 0.171 e. The van der Waals surface area contributed by atoms with Crippen molar-refractivity contribution in [2.45, 2.75) is 51.3 Å². The highest BCUT2D eigenvalue weighted by atomic mass is 35.5. The zero-order valence-corrected chi connectivity index (χ0v) is 12.4. The van der Waals surface area contributed by atoms with Crippen LogP contribution in [0.1, 0.15) is 46.5 Å². The van der Waals surface area contributed by atoms with Gasteiger partial charge in [0, 0.05) is 6.42 Å². The molecule has 0 saturated heterocycles. The maximum Gasteiger partial charge on any atom is 0.171 e. The fourth-order valence-electron chi connectivity index (χ4n) is 2.48. The Labute approximate surface area is 119 Å². The Kier molecular flexibility index (Phi) is 3.28. The van der Waals surface area contributed by atoms with Crippen LogP contribution in [0, 0.1) is 34.0 Å². The Morgan fingerprint density at radius 3 is 2.47 bits per heavy atom. The first-order valence-corrected chi connectivity index (χ1v) is 6.96. The van der Waals surface area contributed by atoms with Crippen molar-refractivity contribution in [3.63, 3.8) is 0 Å². The van der Waals surface area contributed by atoms with Crippen molar-refractivity contribution in [3.05, 3.63) is 11.6 Å². The molecule has 0 aromatic heterocycles. The zero-order valence-electron chi connectivity index (χ0n) is 11.6. The second kappa shape index (κ2) is 4.39. The number of nitriles is 1. The van der Waals surface area contributed by atoms with Gasteiger partial charge in [0.1, 0.15) is 4.87 Å². The molecule has 1 saturated carbocycles. The van der Waals surface area contributed by atoms with Crippen molar-refractivity contribution in [3.8, 4) is 17.9 Å². The summed E-state index contributed by atoms with van der Waals surface area (Å²) in [5.41, 5.74) is 0.118. The van der Waals surface area contributed by atoms with E-state index in [1.165, 1.54) is 0 Å². The lowest BCUT2D eigenvalue weighted by atomic mass is 9.61. The first kappa shape index (κ1) is 14.2. The summed E-state index contributed by atoms with van der Waals surface area (Å²) in [4.78, 5) is 11.1. The Morgan fingerprint density at radius 2 is 2.00 bits per heavy atom. The molecule has 0 heterocycles. The summed E-state index contributed by atoms with van der Waals surface area (Å²) >= 11 is 6.23. The van der Waals surface area contributed by atoms with Crippen molar-refractivity contribution in [2.75, 3.05) is 0 Å². The van der Waals surface area contributed by atoms with E-state index >= 15 is 0 Å². The third-order valence-electron chi connectivity index (χ3n) is 4.29. The van der Waals surface area contributed by atoms with Gasteiger partial charge in [-0.2, -0.15) is 5.26 Å². The van der Waals surface area contributed by atoms with Gasteiger partial charge in [0.25, 0.3) is 0 Å². The second-order valence-electron chi connectivity index (χ2n) is 6.58. The van der Waals surface area contributed by atoms with Crippen LogP contribution in [0.15, 0.2) is 11.6 Å². The first-order chi connectivity index (χ1) is 8.71. The molecule has 1 fully saturated rings. The third-order valence-corrected chi connectivity index (χ3v) is 4.98. The molecule has 0 unspecified atom stereocenters. The molecular weight excluding hydrogens is 258 g/mol. The van der Waals surface area contributed by atoms with E-state index in [9.17, 15) is 4.79 Å². The molecule has 2 atom stereocenters. The molecule has 0 aliphatic heterocycles. The van der Waals surface area contributed by atoms with Gasteiger partial charge in [0.05, 0.1) is 17.1 Å². The van der Waals surface area contributed by atoms with Crippen molar-refractivity contribution >= 4 is 17.4 Å². The minimum absolute atomic E-state index is 0.0333. The van der Waals surface area contributed by atoms with Crippen molar-refractivity contribution in [1.82, 2.24) is 0 Å². The summed E-state index contributed by atoms with van der Waals surface area (Å²) < 4.78 is 0. The summed E-state index contributed by atoms with van der Waals surface area (Å²) in [6, 6.07) is 2.14. The topological polar surface area (TPSA) is 40.9 Å². The number of hydrogen-bond acceptors (Lipinski definition) is 2. The SMILES string of the molecule is CC1(C)CC=C(C#C[C@]2(C)CC[C@@]2(Cl)C#N)C(=O)C1. The highest BCUT2D eigenvalue weighted by Crippen LogP contribution is 2.53. The quantitative estimate of drug-likeness (QED) is 0.501. The molecule has 0 radical (unpaired) electrons. The van der Waals surface area contributed by atoms with Gasteiger partial charge in [0.15, 0.2) is 5.78 Å². The standard InChI is InChI=1S/C16H18ClNO/c1-14(2)6-4-12(13(19)10-14)5-7-15(3)8-9-16(15,17)11-18/h4H,6,8-10H2,1-3H3/t15-,16-/m1/s1. The summed E-state index contributed by atoms with van der Waals surface area (Å²) in [7, 11) is 0. The van der Waals surface area contributed by atoms with E-state index in [-0.39, 0.29) is 11.2 Å². The van der Waals surface area contributed by atoms with Gasteiger partial charge in [-0.1, -0.05) is 31.8 Å². The highest BCUT2D eigenvalue weighted by Gasteiger charge is 2.55. The van der Waals surface area contributed by atoms with Crippen LogP contribution in [-0.4, -0.2) is 10.7 Å². The molecule has 19 heavy (non-hydrogen) atoms. The summed E-state index contributed by atoms with van der Waals surface area (Å²) in [5, 5.41) is 9.11. The predicted octanol–water partition coefficient (Wildman–Crippen LogP) is 3.61. The largest absolute Gasteiger partial charge is 0.293 e. The van der Waals surface area contributed by atoms with Gasteiger partial charge in [-0.05, 0) is 31.6 Å². The molecule has 2 rings (SSSR count). The van der Waals surface area contributed by atoms with Crippen LogP contribution in [0.4, 0.5) is 0 Å². The van der Waals surface area contributed by atoms with E-state index < -0.39 is 10.3 Å². The first-order valence-electron chi connectivity index (χ1n) is 6.58. The lowest BCUT2D eigenvalue weighted by Gasteiger charge is -2.45. The maximum atomic E-state index is 12.0. The summed E-state index contributed by atoms with van der Waals surface area (Å²) in [6.45, 7) is 6.06. The molecular formula is C16H18ClNO. The number of carbonyl (C=O) groups is 1. The highest BCUT2D eigenvalue weighted by molar-refractivity contribution is 6.27. The van der Waals surface area contributed by atoms with Crippen molar-refractivity contribution in [2.24, 2.45) is 10.8 Å². The zero-order chi connectivity index (χ0) is 14.3. The van der Waals surface area contributed by atoms with E-state index in [1.807, 2.05) is 13.0 Å². The fourth-order valence-corrected chi connectivity index (χ4v) is 2.72. The summed E-state index contributed by atoms with van der Waals surface area (Å²) in [6.07, 6.45) is 4.79. The lowest BCUT2D eigenvalue weighted by Crippen LogP contribution is -2.49. The number of alkyl halides is 1. The van der Waals surface area contributed by atoms with E-state index in [1.54, 1.807) is 0 Å².